The van der Waals surface area contributed by atoms with Gasteiger partial charge in [-0.05, 0) is 43.4 Å². The van der Waals surface area contributed by atoms with Crippen LogP contribution in [0.25, 0.3) is 0 Å². The molecule has 2 unspecified atom stereocenters. The van der Waals surface area contributed by atoms with Gasteiger partial charge in [0.15, 0.2) is 0 Å². The van der Waals surface area contributed by atoms with Crippen molar-refractivity contribution in [2.75, 3.05) is 13.1 Å². The van der Waals surface area contributed by atoms with Crippen LogP contribution in [0.3, 0.4) is 0 Å². The molecule has 1 heterocycles. The van der Waals surface area contributed by atoms with Crippen LogP contribution >= 0.6 is 0 Å². The summed E-state index contributed by atoms with van der Waals surface area (Å²) < 4.78 is 13.3. The fraction of sp³-hybridized carbons (Fsp3) is 0.529. The number of aryl methyl sites for hydroxylation is 1. The van der Waals surface area contributed by atoms with Crippen molar-refractivity contribution in [3.63, 3.8) is 0 Å². The van der Waals surface area contributed by atoms with Gasteiger partial charge in [-0.3, -0.25) is 9.59 Å². The van der Waals surface area contributed by atoms with E-state index in [1.807, 2.05) is 0 Å². The minimum atomic E-state index is -0.310. The molecule has 0 radical (unpaired) electrons. The first-order valence-corrected chi connectivity index (χ1v) is 8.26. The molecule has 1 fully saturated rings. The Morgan fingerprint density at radius 1 is 1.21 bits per heavy atom. The Morgan fingerprint density at radius 3 is 2.58 bits per heavy atom. The number of carbonyl (C=O) groups excluding carboxylic acids is 2. The molecule has 0 aromatic heterocycles. The molecule has 1 aromatic rings. The summed E-state index contributed by atoms with van der Waals surface area (Å²) >= 11 is 0. The molecule has 1 aliphatic rings. The maximum Gasteiger partial charge on any atom is 0.238 e. The third-order valence-electron chi connectivity index (χ3n) is 4.08. The van der Waals surface area contributed by atoms with Gasteiger partial charge in [-0.2, -0.15) is 0 Å². The SMILES string of the molecule is CC(=O)NCCCCNC(=O)C1CC(c2ccc(F)c(C)c2)NN1. The summed E-state index contributed by atoms with van der Waals surface area (Å²) in [6.45, 7) is 4.42. The maximum atomic E-state index is 13.3. The zero-order chi connectivity index (χ0) is 17.5. The third-order valence-corrected chi connectivity index (χ3v) is 4.08. The first kappa shape index (κ1) is 18.4. The highest BCUT2D eigenvalue weighted by molar-refractivity contribution is 5.82. The molecule has 2 atom stereocenters. The van der Waals surface area contributed by atoms with Crippen LogP contribution in [0.4, 0.5) is 4.39 Å². The van der Waals surface area contributed by atoms with Crippen LogP contribution in [0.2, 0.25) is 0 Å². The fourth-order valence-corrected chi connectivity index (χ4v) is 2.68. The number of carbonyl (C=O) groups is 2. The van der Waals surface area contributed by atoms with E-state index in [1.165, 1.54) is 13.0 Å². The molecule has 7 heteroatoms. The minimum Gasteiger partial charge on any atom is -0.356 e. The first-order valence-electron chi connectivity index (χ1n) is 8.26. The lowest BCUT2D eigenvalue weighted by Crippen LogP contribution is -2.43. The summed E-state index contributed by atoms with van der Waals surface area (Å²) in [5.41, 5.74) is 7.65. The molecule has 2 rings (SSSR count). The van der Waals surface area contributed by atoms with Crippen molar-refractivity contribution in [3.05, 3.63) is 35.1 Å². The van der Waals surface area contributed by atoms with Crippen molar-refractivity contribution in [2.24, 2.45) is 0 Å². The highest BCUT2D eigenvalue weighted by atomic mass is 19.1. The van der Waals surface area contributed by atoms with E-state index < -0.39 is 0 Å². The lowest BCUT2D eigenvalue weighted by molar-refractivity contribution is -0.123. The van der Waals surface area contributed by atoms with Gasteiger partial charge in [0.05, 0.1) is 0 Å². The molecule has 132 valence electrons. The van der Waals surface area contributed by atoms with Gasteiger partial charge in [0, 0.05) is 26.1 Å². The Balaban J connectivity index is 1.71. The number of hydrazine groups is 1. The molecule has 1 aliphatic heterocycles. The van der Waals surface area contributed by atoms with Crippen molar-refractivity contribution in [1.82, 2.24) is 21.5 Å². The van der Waals surface area contributed by atoms with Crippen molar-refractivity contribution >= 4 is 11.8 Å². The summed E-state index contributed by atoms with van der Waals surface area (Å²) in [5.74, 6) is -0.316. The highest BCUT2D eigenvalue weighted by Crippen LogP contribution is 2.23. The van der Waals surface area contributed by atoms with Gasteiger partial charge in [-0.1, -0.05) is 12.1 Å². The molecule has 0 spiro atoms. The predicted octanol–water partition coefficient (Wildman–Crippen LogP) is 1.07. The number of hydrogen-bond acceptors (Lipinski definition) is 4. The van der Waals surface area contributed by atoms with Gasteiger partial charge in [0.1, 0.15) is 11.9 Å². The molecule has 0 bridgehead atoms. The van der Waals surface area contributed by atoms with Crippen molar-refractivity contribution in [3.8, 4) is 0 Å². The minimum absolute atomic E-state index is 0.0141. The summed E-state index contributed by atoms with van der Waals surface area (Å²) in [4.78, 5) is 22.9. The number of halogens is 1. The van der Waals surface area contributed by atoms with E-state index in [4.69, 9.17) is 0 Å². The largest absolute Gasteiger partial charge is 0.356 e. The number of nitrogens with one attached hydrogen (secondary N) is 4. The van der Waals surface area contributed by atoms with Crippen molar-refractivity contribution in [1.29, 1.82) is 0 Å². The zero-order valence-corrected chi connectivity index (χ0v) is 14.1. The Hall–Kier alpha value is -1.99. The summed E-state index contributed by atoms with van der Waals surface area (Å²) in [6, 6.07) is 4.67. The lowest BCUT2D eigenvalue weighted by atomic mass is 10.00. The summed E-state index contributed by atoms with van der Waals surface area (Å²) in [6.07, 6.45) is 2.25. The van der Waals surface area contributed by atoms with E-state index >= 15 is 0 Å². The van der Waals surface area contributed by atoms with Gasteiger partial charge in [-0.15, -0.1) is 0 Å². The van der Waals surface area contributed by atoms with Gasteiger partial charge < -0.3 is 10.6 Å². The van der Waals surface area contributed by atoms with Crippen LogP contribution in [0, 0.1) is 12.7 Å². The van der Waals surface area contributed by atoms with Gasteiger partial charge in [-0.25, -0.2) is 15.2 Å². The average Bonchev–Trinajstić information content (AvgIpc) is 3.03. The molecule has 0 aliphatic carbocycles. The van der Waals surface area contributed by atoms with E-state index in [2.05, 4.69) is 21.5 Å². The van der Waals surface area contributed by atoms with Crippen LogP contribution in [0.5, 0.6) is 0 Å². The molecule has 0 saturated carbocycles. The molecular formula is C17H25FN4O2. The topological polar surface area (TPSA) is 82.3 Å². The normalized spacial score (nSPS) is 20.0. The number of unbranched alkanes of at least 4 members (excludes halogenated alkanes) is 1. The van der Waals surface area contributed by atoms with E-state index in [-0.39, 0.29) is 29.7 Å². The van der Waals surface area contributed by atoms with Crippen LogP contribution in [0.15, 0.2) is 18.2 Å². The zero-order valence-electron chi connectivity index (χ0n) is 14.1. The van der Waals surface area contributed by atoms with E-state index in [1.54, 1.807) is 19.1 Å². The number of amides is 2. The predicted molar refractivity (Wildman–Crippen MR) is 89.5 cm³/mol. The Morgan fingerprint density at radius 2 is 1.92 bits per heavy atom. The van der Waals surface area contributed by atoms with E-state index in [0.29, 0.717) is 25.1 Å². The second-order valence-electron chi connectivity index (χ2n) is 6.12. The monoisotopic (exact) mass is 336 g/mol. The summed E-state index contributed by atoms with van der Waals surface area (Å²) in [5, 5.41) is 5.61. The van der Waals surface area contributed by atoms with E-state index in [9.17, 15) is 14.0 Å². The molecule has 6 nitrogen and oxygen atoms in total. The average molecular weight is 336 g/mol. The van der Waals surface area contributed by atoms with Crippen molar-refractivity contribution in [2.45, 2.75) is 45.2 Å². The van der Waals surface area contributed by atoms with Crippen LogP contribution in [-0.2, 0) is 9.59 Å². The number of benzene rings is 1. The molecule has 4 N–H and O–H groups in total. The number of rotatable bonds is 7. The first-order chi connectivity index (χ1) is 11.5. The molecular weight excluding hydrogens is 311 g/mol. The standard InChI is InChI=1S/C17H25FN4O2/c1-11-9-13(5-6-14(11)18)15-10-16(22-21-15)17(24)20-8-4-3-7-19-12(2)23/h5-6,9,15-16,21-22H,3-4,7-8,10H2,1-2H3,(H,19,23)(H,20,24). The Labute approximate surface area is 141 Å². The third kappa shape index (κ3) is 5.28. The molecule has 2 amide bonds. The van der Waals surface area contributed by atoms with Gasteiger partial charge >= 0.3 is 0 Å². The smallest absolute Gasteiger partial charge is 0.238 e. The van der Waals surface area contributed by atoms with Gasteiger partial charge in [0.25, 0.3) is 0 Å². The number of hydrogen-bond donors (Lipinski definition) is 4. The van der Waals surface area contributed by atoms with Crippen LogP contribution in [-0.4, -0.2) is 30.9 Å². The highest BCUT2D eigenvalue weighted by Gasteiger charge is 2.30. The Kier molecular flexibility index (Phi) is 6.69. The summed E-state index contributed by atoms with van der Waals surface area (Å²) in [7, 11) is 0. The molecule has 1 saturated heterocycles. The fourth-order valence-electron chi connectivity index (χ4n) is 2.68. The van der Waals surface area contributed by atoms with Gasteiger partial charge in [0.2, 0.25) is 11.8 Å². The quantitative estimate of drug-likeness (QED) is 0.562. The second kappa shape index (κ2) is 8.75. The van der Waals surface area contributed by atoms with E-state index in [0.717, 1.165) is 18.4 Å². The molecule has 24 heavy (non-hydrogen) atoms. The van der Waals surface area contributed by atoms with Crippen LogP contribution < -0.4 is 21.5 Å². The molecule has 1 aromatic carbocycles. The van der Waals surface area contributed by atoms with Crippen molar-refractivity contribution < 1.29 is 14.0 Å². The second-order valence-corrected chi connectivity index (χ2v) is 6.12. The van der Waals surface area contributed by atoms with Crippen LogP contribution in [0.1, 0.15) is 43.4 Å². The Bertz CT molecular complexity index is 594. The lowest BCUT2D eigenvalue weighted by Gasteiger charge is -2.11. The maximum absolute atomic E-state index is 13.3.